The third-order valence-electron chi connectivity index (χ3n) is 3.95. The molecule has 1 heterocycles. The van der Waals surface area contributed by atoms with Crippen molar-refractivity contribution in [1.82, 2.24) is 10.3 Å². The Morgan fingerprint density at radius 1 is 0.852 bits per heavy atom. The summed E-state index contributed by atoms with van der Waals surface area (Å²) in [5, 5.41) is 3.45. The van der Waals surface area contributed by atoms with E-state index in [1.807, 2.05) is 49.5 Å². The lowest BCUT2D eigenvalue weighted by atomic mass is 10.1. The van der Waals surface area contributed by atoms with Gasteiger partial charge in [-0.1, -0.05) is 48.5 Å². The zero-order chi connectivity index (χ0) is 18.0. The van der Waals surface area contributed by atoms with Crippen LogP contribution in [-0.4, -0.2) is 11.6 Å². The smallest absolute Gasteiger partial charge is 0.166 e. The first-order valence-electron chi connectivity index (χ1n) is 8.88. The fourth-order valence-electron chi connectivity index (χ4n) is 2.71. The van der Waals surface area contributed by atoms with Crippen LogP contribution in [0.2, 0.25) is 0 Å². The van der Waals surface area contributed by atoms with Crippen molar-refractivity contribution < 1.29 is 21.9 Å². The molecule has 0 aliphatic heterocycles. The Kier molecular flexibility index (Phi) is 8.62. The standard InChI is InChI=1S/C22H24N2O2.ClH/c1-2-25-21-12-6-11-20(16-24-15-19-10-7-13-23-14-19)22(21)26-17-18-8-4-3-5-9-18;/h3-14,24H,2,15-17H2,1H3;1H/p-1. The average molecular weight is 384 g/mol. The Morgan fingerprint density at radius 3 is 2.41 bits per heavy atom. The van der Waals surface area contributed by atoms with E-state index in [0.29, 0.717) is 19.8 Å². The van der Waals surface area contributed by atoms with Crippen molar-refractivity contribution in [1.29, 1.82) is 0 Å². The minimum Gasteiger partial charge on any atom is -1.00 e. The van der Waals surface area contributed by atoms with Gasteiger partial charge >= 0.3 is 0 Å². The number of aromatic nitrogens is 1. The van der Waals surface area contributed by atoms with Gasteiger partial charge in [0.2, 0.25) is 0 Å². The van der Waals surface area contributed by atoms with Gasteiger partial charge in [0.1, 0.15) is 6.61 Å². The number of hydrogen-bond acceptors (Lipinski definition) is 4. The predicted octanol–water partition coefficient (Wildman–Crippen LogP) is 1.35. The summed E-state index contributed by atoms with van der Waals surface area (Å²) in [5.41, 5.74) is 3.36. The second kappa shape index (κ2) is 11.2. The maximum atomic E-state index is 6.13. The van der Waals surface area contributed by atoms with E-state index in [1.54, 1.807) is 6.20 Å². The second-order valence-electron chi connectivity index (χ2n) is 5.92. The number of hydrogen-bond donors (Lipinski definition) is 1. The van der Waals surface area contributed by atoms with Gasteiger partial charge in [-0.3, -0.25) is 4.98 Å². The number of benzene rings is 2. The van der Waals surface area contributed by atoms with Gasteiger partial charge < -0.3 is 27.2 Å². The molecule has 0 spiro atoms. The number of pyridine rings is 1. The molecule has 2 aromatic carbocycles. The van der Waals surface area contributed by atoms with Crippen LogP contribution in [0.15, 0.2) is 73.1 Å². The van der Waals surface area contributed by atoms with Gasteiger partial charge in [0.15, 0.2) is 11.5 Å². The molecule has 0 aliphatic rings. The predicted molar refractivity (Wildman–Crippen MR) is 103 cm³/mol. The monoisotopic (exact) mass is 383 g/mol. The highest BCUT2D eigenvalue weighted by Gasteiger charge is 2.11. The molecule has 0 saturated carbocycles. The van der Waals surface area contributed by atoms with E-state index in [9.17, 15) is 0 Å². The van der Waals surface area contributed by atoms with E-state index in [2.05, 4.69) is 34.6 Å². The van der Waals surface area contributed by atoms with E-state index in [0.717, 1.165) is 34.7 Å². The molecular weight excluding hydrogens is 360 g/mol. The van der Waals surface area contributed by atoms with Crippen LogP contribution in [0, 0.1) is 0 Å². The Labute approximate surface area is 167 Å². The maximum Gasteiger partial charge on any atom is 0.166 e. The molecule has 0 saturated heterocycles. The van der Waals surface area contributed by atoms with Crippen LogP contribution < -0.4 is 27.2 Å². The summed E-state index contributed by atoms with van der Waals surface area (Å²) in [6, 6.07) is 20.2. The quantitative estimate of drug-likeness (QED) is 0.606. The summed E-state index contributed by atoms with van der Waals surface area (Å²) in [5.74, 6) is 1.58. The molecule has 0 fully saturated rings. The molecule has 3 rings (SSSR count). The fourth-order valence-corrected chi connectivity index (χ4v) is 2.71. The first-order valence-corrected chi connectivity index (χ1v) is 8.88. The summed E-state index contributed by atoms with van der Waals surface area (Å²) < 4.78 is 11.9. The number of para-hydroxylation sites is 1. The van der Waals surface area contributed by atoms with Gasteiger partial charge in [-0.25, -0.2) is 0 Å². The molecule has 0 aliphatic carbocycles. The van der Waals surface area contributed by atoms with Crippen LogP contribution in [0.25, 0.3) is 0 Å². The Morgan fingerprint density at radius 2 is 1.67 bits per heavy atom. The van der Waals surface area contributed by atoms with E-state index >= 15 is 0 Å². The van der Waals surface area contributed by atoms with E-state index < -0.39 is 0 Å². The minimum atomic E-state index is 0. The number of nitrogens with zero attached hydrogens (tertiary/aromatic N) is 1. The molecule has 3 aromatic rings. The third-order valence-corrected chi connectivity index (χ3v) is 3.95. The Hall–Kier alpha value is -2.56. The first kappa shape index (κ1) is 20.7. The molecule has 5 heteroatoms. The van der Waals surface area contributed by atoms with E-state index in [-0.39, 0.29) is 12.4 Å². The molecular formula is C22H24ClN2O2-. The first-order chi connectivity index (χ1) is 12.9. The highest BCUT2D eigenvalue weighted by molar-refractivity contribution is 5.46. The largest absolute Gasteiger partial charge is 1.00 e. The number of nitrogens with one attached hydrogen (secondary N) is 1. The van der Waals surface area contributed by atoms with Gasteiger partial charge in [-0.15, -0.1) is 0 Å². The summed E-state index contributed by atoms with van der Waals surface area (Å²) in [6.07, 6.45) is 3.65. The molecule has 1 N–H and O–H groups in total. The molecule has 0 amide bonds. The number of ether oxygens (including phenoxy) is 2. The molecule has 142 valence electrons. The fraction of sp³-hybridized carbons (Fsp3) is 0.227. The van der Waals surface area contributed by atoms with Gasteiger partial charge in [-0.2, -0.15) is 0 Å². The maximum absolute atomic E-state index is 6.13. The van der Waals surface area contributed by atoms with Crippen molar-refractivity contribution in [2.45, 2.75) is 26.6 Å². The summed E-state index contributed by atoms with van der Waals surface area (Å²) in [6.45, 7) is 4.55. The third kappa shape index (κ3) is 6.27. The summed E-state index contributed by atoms with van der Waals surface area (Å²) in [4.78, 5) is 4.14. The lowest BCUT2D eigenvalue weighted by Gasteiger charge is -2.16. The normalized spacial score (nSPS) is 10.1. The molecule has 0 radical (unpaired) electrons. The van der Waals surface area contributed by atoms with Gasteiger partial charge in [0.25, 0.3) is 0 Å². The molecule has 0 bridgehead atoms. The van der Waals surface area contributed by atoms with Crippen LogP contribution in [0.1, 0.15) is 23.6 Å². The highest BCUT2D eigenvalue weighted by Crippen LogP contribution is 2.32. The summed E-state index contributed by atoms with van der Waals surface area (Å²) in [7, 11) is 0. The van der Waals surface area contributed by atoms with Crippen molar-refractivity contribution in [3.8, 4) is 11.5 Å². The zero-order valence-electron chi connectivity index (χ0n) is 15.4. The zero-order valence-corrected chi connectivity index (χ0v) is 16.2. The Bertz CT molecular complexity index is 798. The highest BCUT2D eigenvalue weighted by atomic mass is 35.5. The van der Waals surface area contributed by atoms with E-state index in [1.165, 1.54) is 0 Å². The van der Waals surface area contributed by atoms with Crippen molar-refractivity contribution in [2.24, 2.45) is 0 Å². The molecule has 0 atom stereocenters. The average Bonchev–Trinajstić information content (AvgIpc) is 2.69. The lowest BCUT2D eigenvalue weighted by Crippen LogP contribution is -3.00. The van der Waals surface area contributed by atoms with Crippen molar-refractivity contribution in [2.75, 3.05) is 6.61 Å². The molecule has 0 unspecified atom stereocenters. The SMILES string of the molecule is CCOc1cccc(CNCc2cccnc2)c1OCc1ccccc1.[Cl-]. The Balaban J connectivity index is 0.00000261. The topological polar surface area (TPSA) is 43.4 Å². The van der Waals surface area contributed by atoms with Crippen molar-refractivity contribution in [3.63, 3.8) is 0 Å². The van der Waals surface area contributed by atoms with Crippen molar-refractivity contribution >= 4 is 0 Å². The van der Waals surface area contributed by atoms with E-state index in [4.69, 9.17) is 9.47 Å². The molecule has 1 aromatic heterocycles. The van der Waals surface area contributed by atoms with Gasteiger partial charge in [0.05, 0.1) is 6.61 Å². The van der Waals surface area contributed by atoms with Crippen molar-refractivity contribution in [3.05, 3.63) is 89.7 Å². The summed E-state index contributed by atoms with van der Waals surface area (Å²) >= 11 is 0. The molecule has 4 nitrogen and oxygen atoms in total. The van der Waals surface area contributed by atoms with Gasteiger partial charge in [-0.05, 0) is 30.2 Å². The van der Waals surface area contributed by atoms with Crippen LogP contribution in [0.5, 0.6) is 11.5 Å². The van der Waals surface area contributed by atoms with Crippen LogP contribution in [0.4, 0.5) is 0 Å². The lowest BCUT2D eigenvalue weighted by molar-refractivity contribution is -0.00000609. The molecule has 27 heavy (non-hydrogen) atoms. The van der Waals surface area contributed by atoms with Gasteiger partial charge in [0, 0.05) is 31.0 Å². The van der Waals surface area contributed by atoms with Crippen LogP contribution >= 0.6 is 0 Å². The minimum absolute atomic E-state index is 0. The number of rotatable bonds is 9. The van der Waals surface area contributed by atoms with Crippen LogP contribution in [0.3, 0.4) is 0 Å². The second-order valence-corrected chi connectivity index (χ2v) is 5.92. The number of halogens is 1. The van der Waals surface area contributed by atoms with Crippen LogP contribution in [-0.2, 0) is 19.7 Å².